The van der Waals surface area contributed by atoms with Gasteiger partial charge in [0, 0.05) is 12.0 Å². The third-order valence-electron chi connectivity index (χ3n) is 9.20. The maximum absolute atomic E-state index is 12.2. The number of carbonyl (C=O) groups excluding carboxylic acids is 1. The largest absolute Gasteiger partial charge is 1.00 e. The Bertz CT molecular complexity index is 508. The molecule has 4 saturated carbocycles. The Balaban J connectivity index is 0.00000169. The molecule has 4 aliphatic carbocycles. The molecular formula is C21H35ClNO-. The van der Waals surface area contributed by atoms with Crippen LogP contribution in [0.1, 0.15) is 78.6 Å². The minimum Gasteiger partial charge on any atom is -1.00 e. The van der Waals surface area contributed by atoms with Crippen LogP contribution in [0.3, 0.4) is 0 Å². The zero-order chi connectivity index (χ0) is 16.4. The molecule has 0 aromatic rings. The van der Waals surface area contributed by atoms with Gasteiger partial charge < -0.3 is 18.1 Å². The molecule has 0 aliphatic heterocycles. The predicted octanol–water partition coefficient (Wildman–Crippen LogP) is 1.57. The van der Waals surface area contributed by atoms with Crippen LogP contribution < -0.4 is 18.1 Å². The zero-order valence-corrected chi connectivity index (χ0v) is 16.4. The van der Waals surface area contributed by atoms with Crippen LogP contribution in [-0.4, -0.2) is 11.8 Å². The lowest BCUT2D eigenvalue weighted by Gasteiger charge is -2.61. The molecule has 4 fully saturated rings. The minimum absolute atomic E-state index is 0. The van der Waals surface area contributed by atoms with Crippen LogP contribution in [0.15, 0.2) is 0 Å². The Morgan fingerprint density at radius 1 is 0.917 bits per heavy atom. The van der Waals surface area contributed by atoms with Crippen molar-refractivity contribution in [3.05, 3.63) is 0 Å². The molecule has 0 radical (unpaired) electrons. The van der Waals surface area contributed by atoms with E-state index in [4.69, 9.17) is 5.73 Å². The van der Waals surface area contributed by atoms with Crippen molar-refractivity contribution in [2.24, 2.45) is 46.2 Å². The Hall–Kier alpha value is -0.0800. The van der Waals surface area contributed by atoms with Gasteiger partial charge in [0.05, 0.1) is 0 Å². The zero-order valence-electron chi connectivity index (χ0n) is 15.7. The highest BCUT2D eigenvalue weighted by Crippen LogP contribution is 2.67. The molecule has 0 saturated heterocycles. The highest BCUT2D eigenvalue weighted by Gasteiger charge is 2.60. The van der Waals surface area contributed by atoms with Gasteiger partial charge in [-0.3, -0.25) is 4.79 Å². The van der Waals surface area contributed by atoms with E-state index in [1.165, 1.54) is 51.4 Å². The van der Waals surface area contributed by atoms with E-state index in [0.717, 1.165) is 30.1 Å². The number of fused-ring (bicyclic) bond motifs is 5. The van der Waals surface area contributed by atoms with E-state index in [9.17, 15) is 4.79 Å². The van der Waals surface area contributed by atoms with Gasteiger partial charge in [-0.15, -0.1) is 0 Å². The number of halogens is 1. The van der Waals surface area contributed by atoms with Crippen LogP contribution in [-0.2, 0) is 4.79 Å². The predicted molar refractivity (Wildman–Crippen MR) is 93.9 cm³/mol. The molecule has 138 valence electrons. The van der Waals surface area contributed by atoms with Crippen LogP contribution in [0.5, 0.6) is 0 Å². The molecular weight excluding hydrogens is 318 g/mol. The van der Waals surface area contributed by atoms with Crippen molar-refractivity contribution in [2.45, 2.75) is 84.6 Å². The first-order valence-electron chi connectivity index (χ1n) is 10.1. The fraction of sp³-hybridized carbons (Fsp3) is 0.952. The van der Waals surface area contributed by atoms with Gasteiger partial charge in [-0.25, -0.2) is 0 Å². The maximum Gasteiger partial charge on any atom is 0.133 e. The summed E-state index contributed by atoms with van der Waals surface area (Å²) in [6.45, 7) is 6.89. The smallest absolute Gasteiger partial charge is 0.133 e. The third-order valence-corrected chi connectivity index (χ3v) is 9.20. The van der Waals surface area contributed by atoms with E-state index in [2.05, 4.69) is 13.8 Å². The van der Waals surface area contributed by atoms with Crippen molar-refractivity contribution < 1.29 is 17.2 Å². The van der Waals surface area contributed by atoms with E-state index >= 15 is 0 Å². The average molecular weight is 353 g/mol. The van der Waals surface area contributed by atoms with E-state index in [1.807, 2.05) is 6.92 Å². The van der Waals surface area contributed by atoms with Gasteiger partial charge in [0.2, 0.25) is 0 Å². The first kappa shape index (κ1) is 18.7. The summed E-state index contributed by atoms with van der Waals surface area (Å²) in [5.74, 6) is 4.26. The second kappa shape index (κ2) is 6.27. The Labute approximate surface area is 154 Å². The number of ketones is 1. The quantitative estimate of drug-likeness (QED) is 0.778. The molecule has 4 rings (SSSR count). The fourth-order valence-corrected chi connectivity index (χ4v) is 7.96. The van der Waals surface area contributed by atoms with Gasteiger partial charge in [-0.2, -0.15) is 0 Å². The topological polar surface area (TPSA) is 43.1 Å². The number of Topliss-reactive ketones (excluding diaryl/α,β-unsaturated/α-hetero) is 1. The van der Waals surface area contributed by atoms with Gasteiger partial charge in [0.25, 0.3) is 0 Å². The Morgan fingerprint density at radius 3 is 2.29 bits per heavy atom. The van der Waals surface area contributed by atoms with E-state index in [0.29, 0.717) is 28.6 Å². The van der Waals surface area contributed by atoms with Crippen molar-refractivity contribution in [1.29, 1.82) is 0 Å². The molecule has 0 bridgehead atoms. The van der Waals surface area contributed by atoms with Crippen molar-refractivity contribution >= 4 is 5.78 Å². The van der Waals surface area contributed by atoms with Gasteiger partial charge in [0.15, 0.2) is 0 Å². The first-order chi connectivity index (χ1) is 10.9. The molecule has 4 aliphatic rings. The molecule has 0 spiro atoms. The lowest BCUT2D eigenvalue weighted by atomic mass is 9.44. The Morgan fingerprint density at radius 2 is 1.58 bits per heavy atom. The molecule has 0 aromatic carbocycles. The van der Waals surface area contributed by atoms with Gasteiger partial charge >= 0.3 is 0 Å². The molecule has 3 heteroatoms. The first-order valence-corrected chi connectivity index (χ1v) is 10.1. The van der Waals surface area contributed by atoms with Gasteiger partial charge in [0.1, 0.15) is 5.78 Å². The monoisotopic (exact) mass is 352 g/mol. The van der Waals surface area contributed by atoms with E-state index < -0.39 is 0 Å². The van der Waals surface area contributed by atoms with Crippen LogP contribution in [0.2, 0.25) is 0 Å². The summed E-state index contributed by atoms with van der Waals surface area (Å²) >= 11 is 0. The van der Waals surface area contributed by atoms with Gasteiger partial charge in [-0.1, -0.05) is 13.8 Å². The molecule has 2 nitrogen and oxygen atoms in total. The molecule has 8 atom stereocenters. The number of rotatable bonds is 1. The molecule has 2 N–H and O–H groups in total. The summed E-state index contributed by atoms with van der Waals surface area (Å²) in [6.07, 6.45) is 11.8. The molecule has 0 heterocycles. The number of hydrogen-bond donors (Lipinski definition) is 1. The second-order valence-corrected chi connectivity index (χ2v) is 9.98. The highest BCUT2D eigenvalue weighted by molar-refractivity contribution is 5.79. The Kier molecular flexibility index (Phi) is 4.88. The molecule has 24 heavy (non-hydrogen) atoms. The SMILES string of the molecule is CC(=O)C1CCC2C3CC[C@@H]4C[C@H](N)CC[C@]4(C)C3CC[C@]12C.[Cl-]. The summed E-state index contributed by atoms with van der Waals surface area (Å²) in [5.41, 5.74) is 7.13. The van der Waals surface area contributed by atoms with Gasteiger partial charge in [-0.05, 0) is 99.2 Å². The third kappa shape index (κ3) is 2.50. The maximum atomic E-state index is 12.2. The summed E-state index contributed by atoms with van der Waals surface area (Å²) < 4.78 is 0. The molecule has 0 aromatic heterocycles. The highest BCUT2D eigenvalue weighted by atomic mass is 35.5. The van der Waals surface area contributed by atoms with Crippen molar-refractivity contribution in [2.75, 3.05) is 0 Å². The van der Waals surface area contributed by atoms with Crippen molar-refractivity contribution in [3.8, 4) is 0 Å². The lowest BCUT2D eigenvalue weighted by molar-refractivity contribution is -0.134. The standard InChI is InChI=1S/C21H35NO.ClH/c1-13(23)17-6-7-18-16-5-4-14-12-15(22)8-10-20(14,2)19(16)9-11-21(17,18)3;/h14-19H,4-12,22H2,1-3H3;1H/p-1/t14-,15-,16?,17?,18?,19?,20+,21-;/m1./s1. The summed E-state index contributed by atoms with van der Waals surface area (Å²) in [5, 5.41) is 0. The number of hydrogen-bond acceptors (Lipinski definition) is 2. The van der Waals surface area contributed by atoms with Crippen molar-refractivity contribution in [1.82, 2.24) is 0 Å². The van der Waals surface area contributed by atoms with Crippen LogP contribution in [0.25, 0.3) is 0 Å². The normalized spacial score (nSPS) is 53.3. The lowest BCUT2D eigenvalue weighted by Crippen LogP contribution is -3.00. The van der Waals surface area contributed by atoms with Crippen LogP contribution in [0, 0.1) is 40.4 Å². The van der Waals surface area contributed by atoms with Crippen molar-refractivity contribution in [3.63, 3.8) is 0 Å². The number of nitrogens with two attached hydrogens (primary N) is 1. The molecule has 0 amide bonds. The van der Waals surface area contributed by atoms with E-state index in [-0.39, 0.29) is 12.4 Å². The number of carbonyl (C=O) groups is 1. The average Bonchev–Trinajstić information content (AvgIpc) is 2.85. The summed E-state index contributed by atoms with van der Waals surface area (Å²) in [7, 11) is 0. The van der Waals surface area contributed by atoms with Crippen LogP contribution in [0.4, 0.5) is 0 Å². The summed E-state index contributed by atoms with van der Waals surface area (Å²) in [6, 6.07) is 0.451. The fourth-order valence-electron chi connectivity index (χ4n) is 7.96. The molecule has 4 unspecified atom stereocenters. The summed E-state index contributed by atoms with van der Waals surface area (Å²) in [4.78, 5) is 12.2. The van der Waals surface area contributed by atoms with Crippen LogP contribution >= 0.6 is 0 Å². The van der Waals surface area contributed by atoms with E-state index in [1.54, 1.807) is 0 Å². The second-order valence-electron chi connectivity index (χ2n) is 9.98. The minimum atomic E-state index is 0.